The minimum Gasteiger partial charge on any atom is -0.478 e. The Balaban J connectivity index is 1.56. The summed E-state index contributed by atoms with van der Waals surface area (Å²) in [7, 11) is 0. The zero-order valence-corrected chi connectivity index (χ0v) is 17.5. The highest BCUT2D eigenvalue weighted by Gasteiger charge is 2.34. The highest BCUT2D eigenvalue weighted by molar-refractivity contribution is 6.29. The predicted molar refractivity (Wildman–Crippen MR) is 115 cm³/mol. The maximum absolute atomic E-state index is 12.5. The molecular formula is C22H16ClN5O4. The van der Waals surface area contributed by atoms with E-state index >= 15 is 0 Å². The van der Waals surface area contributed by atoms with E-state index in [0.29, 0.717) is 34.4 Å². The van der Waals surface area contributed by atoms with Gasteiger partial charge in [-0.25, -0.2) is 4.79 Å². The van der Waals surface area contributed by atoms with E-state index in [4.69, 9.17) is 16.0 Å². The first-order valence-electron chi connectivity index (χ1n) is 9.73. The molecule has 32 heavy (non-hydrogen) atoms. The standard InChI is InChI=1S/C22H16ClN5O4/c1-11-20-14(16-6-5-15(32-16)12-3-2-4-13(9-12)22(30)31)10-19(29)24-21(20)28(27-11)18-8-7-17(23)25-26-18/h2-9,14H,10H2,1H3,(H,24,29)(H,30,31)/t14-/m1/s1. The van der Waals surface area contributed by atoms with E-state index in [1.807, 2.05) is 6.92 Å². The summed E-state index contributed by atoms with van der Waals surface area (Å²) in [5.41, 5.74) is 2.34. The fourth-order valence-corrected chi connectivity index (χ4v) is 3.98. The number of aryl methyl sites for hydroxylation is 1. The third kappa shape index (κ3) is 3.42. The minimum atomic E-state index is -1.01. The molecular weight excluding hydrogens is 434 g/mol. The lowest BCUT2D eigenvalue weighted by Gasteiger charge is -2.22. The summed E-state index contributed by atoms with van der Waals surface area (Å²) in [6, 6.07) is 13.3. The molecule has 1 amide bonds. The van der Waals surface area contributed by atoms with Gasteiger partial charge < -0.3 is 14.8 Å². The Morgan fingerprint density at radius 2 is 2.06 bits per heavy atom. The number of aromatic nitrogens is 4. The van der Waals surface area contributed by atoms with Gasteiger partial charge in [-0.3, -0.25) is 4.79 Å². The molecule has 3 aromatic heterocycles. The van der Waals surface area contributed by atoms with Crippen LogP contribution in [0.1, 0.15) is 39.7 Å². The van der Waals surface area contributed by atoms with Gasteiger partial charge in [-0.05, 0) is 43.3 Å². The van der Waals surface area contributed by atoms with E-state index < -0.39 is 5.97 Å². The topological polar surface area (TPSA) is 123 Å². The number of nitrogens with one attached hydrogen (secondary N) is 1. The highest BCUT2D eigenvalue weighted by atomic mass is 35.5. The first kappa shape index (κ1) is 20.0. The predicted octanol–water partition coefficient (Wildman–Crippen LogP) is 4.06. The van der Waals surface area contributed by atoms with E-state index in [1.165, 1.54) is 10.7 Å². The van der Waals surface area contributed by atoms with Gasteiger partial charge in [-0.1, -0.05) is 23.7 Å². The number of anilines is 1. The average molecular weight is 450 g/mol. The van der Waals surface area contributed by atoms with E-state index in [0.717, 1.165) is 5.56 Å². The van der Waals surface area contributed by atoms with Crippen LogP contribution in [0.3, 0.4) is 0 Å². The summed E-state index contributed by atoms with van der Waals surface area (Å²) in [5, 5.41) is 24.8. The molecule has 0 saturated heterocycles. The Hall–Kier alpha value is -3.98. The molecule has 0 bridgehead atoms. The minimum absolute atomic E-state index is 0.168. The lowest BCUT2D eigenvalue weighted by atomic mass is 9.90. The zero-order valence-electron chi connectivity index (χ0n) is 16.7. The van der Waals surface area contributed by atoms with E-state index in [1.54, 1.807) is 42.5 Å². The van der Waals surface area contributed by atoms with Crippen molar-refractivity contribution in [3.05, 3.63) is 76.3 Å². The molecule has 160 valence electrons. The van der Waals surface area contributed by atoms with E-state index in [9.17, 15) is 14.7 Å². The molecule has 9 nitrogen and oxygen atoms in total. The molecule has 0 saturated carbocycles. The highest BCUT2D eigenvalue weighted by Crippen LogP contribution is 2.41. The van der Waals surface area contributed by atoms with Crippen LogP contribution < -0.4 is 5.32 Å². The second-order valence-electron chi connectivity index (χ2n) is 7.37. The van der Waals surface area contributed by atoms with Crippen molar-refractivity contribution in [3.63, 3.8) is 0 Å². The number of carboxylic acid groups (broad SMARTS) is 1. The van der Waals surface area contributed by atoms with Crippen LogP contribution in [0, 0.1) is 6.92 Å². The number of hydrogen-bond donors (Lipinski definition) is 2. The molecule has 1 aromatic carbocycles. The molecule has 4 aromatic rings. The van der Waals surface area contributed by atoms with Gasteiger partial charge in [0.15, 0.2) is 11.0 Å². The second kappa shape index (κ2) is 7.61. The molecule has 0 fully saturated rings. The van der Waals surface area contributed by atoms with Crippen molar-refractivity contribution in [1.29, 1.82) is 0 Å². The number of aromatic carboxylic acids is 1. The number of amides is 1. The summed E-state index contributed by atoms with van der Waals surface area (Å²) in [6.07, 6.45) is 0.188. The van der Waals surface area contributed by atoms with Crippen LogP contribution in [0.25, 0.3) is 17.1 Å². The van der Waals surface area contributed by atoms with Crippen LogP contribution in [-0.2, 0) is 4.79 Å². The smallest absolute Gasteiger partial charge is 0.335 e. The average Bonchev–Trinajstić information content (AvgIpc) is 3.39. The van der Waals surface area contributed by atoms with Gasteiger partial charge in [0.25, 0.3) is 0 Å². The largest absolute Gasteiger partial charge is 0.478 e. The maximum Gasteiger partial charge on any atom is 0.335 e. The van der Waals surface area contributed by atoms with Crippen molar-refractivity contribution < 1.29 is 19.1 Å². The van der Waals surface area contributed by atoms with E-state index in [-0.39, 0.29) is 29.0 Å². The number of nitrogens with zero attached hydrogens (tertiary/aromatic N) is 4. The molecule has 4 heterocycles. The maximum atomic E-state index is 12.5. The van der Waals surface area contributed by atoms with Crippen molar-refractivity contribution in [1.82, 2.24) is 20.0 Å². The number of carboxylic acids is 1. The van der Waals surface area contributed by atoms with Crippen LogP contribution in [0.4, 0.5) is 5.82 Å². The van der Waals surface area contributed by atoms with Gasteiger partial charge in [0.2, 0.25) is 5.91 Å². The summed E-state index contributed by atoms with van der Waals surface area (Å²) < 4.78 is 7.61. The van der Waals surface area contributed by atoms with Crippen LogP contribution in [0.2, 0.25) is 5.15 Å². The van der Waals surface area contributed by atoms with Crippen LogP contribution >= 0.6 is 11.6 Å². The van der Waals surface area contributed by atoms with Crippen LogP contribution in [0.5, 0.6) is 0 Å². The zero-order chi connectivity index (χ0) is 22.4. The third-order valence-electron chi connectivity index (χ3n) is 5.30. The lowest BCUT2D eigenvalue weighted by molar-refractivity contribution is -0.116. The summed E-state index contributed by atoms with van der Waals surface area (Å²) >= 11 is 5.84. The molecule has 0 radical (unpaired) electrons. The molecule has 1 aliphatic rings. The van der Waals surface area contributed by atoms with Gasteiger partial charge >= 0.3 is 5.97 Å². The van der Waals surface area contributed by atoms with Gasteiger partial charge in [0.1, 0.15) is 17.3 Å². The fourth-order valence-electron chi connectivity index (χ4n) is 3.88. The number of halogens is 1. The first-order valence-corrected chi connectivity index (χ1v) is 10.1. The van der Waals surface area contributed by atoms with Gasteiger partial charge in [-0.15, -0.1) is 10.2 Å². The SMILES string of the molecule is Cc1nn(-c2ccc(Cl)nn2)c2c1[C@@H](c1ccc(-c3cccc(C(=O)O)c3)o1)CC(=O)N2. The molecule has 1 atom stereocenters. The summed E-state index contributed by atoms with van der Waals surface area (Å²) in [6.45, 7) is 1.85. The summed E-state index contributed by atoms with van der Waals surface area (Å²) in [5.74, 6) is 0.476. The normalized spacial score (nSPS) is 15.3. The number of furan rings is 1. The Labute approximate surface area is 186 Å². The molecule has 10 heteroatoms. The van der Waals surface area contributed by atoms with Crippen LogP contribution in [-0.4, -0.2) is 37.0 Å². The second-order valence-corrected chi connectivity index (χ2v) is 7.75. The van der Waals surface area contributed by atoms with Gasteiger partial charge in [0, 0.05) is 17.5 Å². The van der Waals surface area contributed by atoms with Gasteiger partial charge in [-0.2, -0.15) is 9.78 Å². The number of rotatable bonds is 4. The number of fused-ring (bicyclic) bond motifs is 1. The first-order chi connectivity index (χ1) is 15.4. The van der Waals surface area contributed by atoms with Crippen molar-refractivity contribution >= 4 is 29.3 Å². The van der Waals surface area contributed by atoms with Crippen molar-refractivity contribution in [2.75, 3.05) is 5.32 Å². The van der Waals surface area contributed by atoms with Crippen LogP contribution in [0.15, 0.2) is 52.9 Å². The van der Waals surface area contributed by atoms with Gasteiger partial charge in [0.05, 0.1) is 17.2 Å². The molecule has 0 aliphatic carbocycles. The number of carbonyl (C=O) groups excluding carboxylic acids is 1. The summed E-state index contributed by atoms with van der Waals surface area (Å²) in [4.78, 5) is 23.8. The molecule has 0 unspecified atom stereocenters. The monoisotopic (exact) mass is 449 g/mol. The van der Waals surface area contributed by atoms with Crippen molar-refractivity contribution in [2.45, 2.75) is 19.3 Å². The van der Waals surface area contributed by atoms with Crippen molar-refractivity contribution in [3.8, 4) is 17.1 Å². The fraction of sp³-hybridized carbons (Fsp3) is 0.136. The molecule has 1 aliphatic heterocycles. The Kier molecular flexibility index (Phi) is 4.75. The molecule has 5 rings (SSSR count). The Morgan fingerprint density at radius 3 is 2.81 bits per heavy atom. The Morgan fingerprint density at radius 1 is 1.22 bits per heavy atom. The molecule has 2 N–H and O–H groups in total. The van der Waals surface area contributed by atoms with Crippen molar-refractivity contribution in [2.24, 2.45) is 0 Å². The lowest BCUT2D eigenvalue weighted by Crippen LogP contribution is -2.24. The quantitative estimate of drug-likeness (QED) is 0.481. The van der Waals surface area contributed by atoms with E-state index in [2.05, 4.69) is 20.6 Å². The number of benzene rings is 1. The molecule has 0 spiro atoms. The number of hydrogen-bond acceptors (Lipinski definition) is 6. The Bertz CT molecular complexity index is 1360. The third-order valence-corrected chi connectivity index (χ3v) is 5.50. The number of carbonyl (C=O) groups is 2.